The normalized spacial score (nSPS) is 10.2. The van der Waals surface area contributed by atoms with Crippen molar-refractivity contribution in [3.05, 3.63) is 73.2 Å². The lowest BCUT2D eigenvalue weighted by molar-refractivity contribution is -0.385. The number of carbonyl (C=O) groups is 1. The molecule has 108 valence electrons. The number of para-hydroxylation sites is 1. The molecule has 0 aliphatic heterocycles. The molecular formula is C14H10BrClN2O3. The van der Waals surface area contributed by atoms with E-state index in [1.807, 2.05) is 0 Å². The van der Waals surface area contributed by atoms with E-state index in [0.717, 1.165) is 4.47 Å². The molecule has 2 aromatic rings. The highest BCUT2D eigenvalue weighted by molar-refractivity contribution is 9.10. The van der Waals surface area contributed by atoms with E-state index >= 15 is 0 Å². The van der Waals surface area contributed by atoms with Crippen LogP contribution in [0, 0.1) is 10.1 Å². The van der Waals surface area contributed by atoms with Gasteiger partial charge < -0.3 is 5.32 Å². The van der Waals surface area contributed by atoms with Crippen LogP contribution < -0.4 is 5.32 Å². The Hall–Kier alpha value is -1.92. The fourth-order valence-corrected chi connectivity index (χ4v) is 2.35. The minimum atomic E-state index is -0.479. The second kappa shape index (κ2) is 6.69. The van der Waals surface area contributed by atoms with Gasteiger partial charge in [0.1, 0.15) is 0 Å². The lowest BCUT2D eigenvalue weighted by Gasteiger charge is -2.07. The zero-order chi connectivity index (χ0) is 15.4. The highest BCUT2D eigenvalue weighted by Gasteiger charge is 2.15. The zero-order valence-electron chi connectivity index (χ0n) is 10.7. The first kappa shape index (κ1) is 15.5. The summed E-state index contributed by atoms with van der Waals surface area (Å²) in [5, 5.41) is 13.8. The first-order valence-corrected chi connectivity index (χ1v) is 7.11. The van der Waals surface area contributed by atoms with Gasteiger partial charge in [-0.05, 0) is 18.2 Å². The van der Waals surface area contributed by atoms with Gasteiger partial charge in [0.15, 0.2) is 0 Å². The summed E-state index contributed by atoms with van der Waals surface area (Å²) in [7, 11) is 0. The molecule has 1 amide bonds. The summed E-state index contributed by atoms with van der Waals surface area (Å²) < 4.78 is 0.725. The molecule has 5 nitrogen and oxygen atoms in total. The van der Waals surface area contributed by atoms with E-state index in [1.165, 1.54) is 6.07 Å². The van der Waals surface area contributed by atoms with E-state index in [9.17, 15) is 14.9 Å². The van der Waals surface area contributed by atoms with Gasteiger partial charge in [0.2, 0.25) is 0 Å². The van der Waals surface area contributed by atoms with Gasteiger partial charge in [-0.3, -0.25) is 14.9 Å². The molecule has 0 heterocycles. The Labute approximate surface area is 134 Å². The number of nitro groups is 1. The predicted molar refractivity (Wildman–Crippen MR) is 83.4 cm³/mol. The van der Waals surface area contributed by atoms with Crippen molar-refractivity contribution in [3.63, 3.8) is 0 Å². The molecule has 7 heteroatoms. The predicted octanol–water partition coefficient (Wildman–Crippen LogP) is 3.94. The quantitative estimate of drug-likeness (QED) is 0.655. The van der Waals surface area contributed by atoms with Gasteiger partial charge in [0.25, 0.3) is 11.6 Å². The van der Waals surface area contributed by atoms with Crippen molar-refractivity contribution in [1.29, 1.82) is 0 Å². The van der Waals surface area contributed by atoms with Crippen LogP contribution in [-0.2, 0) is 6.54 Å². The third-order valence-corrected chi connectivity index (χ3v) is 3.62. The monoisotopic (exact) mass is 368 g/mol. The number of hydrogen-bond acceptors (Lipinski definition) is 3. The van der Waals surface area contributed by atoms with Crippen molar-refractivity contribution >= 4 is 39.1 Å². The Balaban J connectivity index is 2.15. The summed E-state index contributed by atoms with van der Waals surface area (Å²) in [6, 6.07) is 11.2. The number of rotatable bonds is 4. The van der Waals surface area contributed by atoms with Crippen molar-refractivity contribution < 1.29 is 9.72 Å². The molecule has 0 aliphatic carbocycles. The summed E-state index contributed by atoms with van der Waals surface area (Å²) in [4.78, 5) is 22.5. The Bertz CT molecular complexity index is 706. The molecule has 0 saturated carbocycles. The molecule has 0 spiro atoms. The second-order valence-corrected chi connectivity index (χ2v) is 5.52. The van der Waals surface area contributed by atoms with Crippen molar-refractivity contribution in [2.75, 3.05) is 0 Å². The van der Waals surface area contributed by atoms with Crippen molar-refractivity contribution in [2.24, 2.45) is 0 Å². The maximum Gasteiger partial charge on any atom is 0.274 e. The number of hydrogen-bond donors (Lipinski definition) is 1. The van der Waals surface area contributed by atoms with E-state index < -0.39 is 4.92 Å². The number of nitro benzene ring substituents is 1. The summed E-state index contributed by atoms with van der Waals surface area (Å²) in [5.41, 5.74) is 0.713. The minimum Gasteiger partial charge on any atom is -0.348 e. The Morgan fingerprint density at radius 2 is 2.00 bits per heavy atom. The first-order chi connectivity index (χ1) is 9.99. The van der Waals surface area contributed by atoms with Crippen molar-refractivity contribution in [2.45, 2.75) is 6.54 Å². The van der Waals surface area contributed by atoms with Gasteiger partial charge >= 0.3 is 0 Å². The SMILES string of the molecule is O=C(NCc1ccccc1[N+](=O)[O-])c1cc(Br)ccc1Cl. The molecular weight excluding hydrogens is 360 g/mol. The van der Waals surface area contributed by atoms with Gasteiger partial charge in [-0.25, -0.2) is 0 Å². The fourth-order valence-electron chi connectivity index (χ4n) is 1.78. The number of benzene rings is 2. The highest BCUT2D eigenvalue weighted by Crippen LogP contribution is 2.22. The van der Waals surface area contributed by atoms with Gasteiger partial charge in [0, 0.05) is 22.6 Å². The number of amides is 1. The molecule has 2 rings (SSSR count). The third kappa shape index (κ3) is 3.80. The summed E-state index contributed by atoms with van der Waals surface area (Å²) >= 11 is 9.23. The van der Waals surface area contributed by atoms with Crippen LogP contribution >= 0.6 is 27.5 Å². The van der Waals surface area contributed by atoms with Gasteiger partial charge in [-0.2, -0.15) is 0 Å². The molecule has 0 aromatic heterocycles. The third-order valence-electron chi connectivity index (χ3n) is 2.80. The van der Waals surface area contributed by atoms with Gasteiger partial charge in [0.05, 0.1) is 15.5 Å². The molecule has 0 atom stereocenters. The van der Waals surface area contributed by atoms with Crippen LogP contribution in [0.1, 0.15) is 15.9 Å². The number of nitrogens with zero attached hydrogens (tertiary/aromatic N) is 1. The molecule has 0 radical (unpaired) electrons. The smallest absolute Gasteiger partial charge is 0.274 e. The summed E-state index contributed by atoms with van der Waals surface area (Å²) in [5.74, 6) is -0.389. The first-order valence-electron chi connectivity index (χ1n) is 5.94. The Kier molecular flexibility index (Phi) is 4.93. The maximum atomic E-state index is 12.1. The van der Waals surface area contributed by atoms with Crippen LogP contribution in [0.2, 0.25) is 5.02 Å². The maximum absolute atomic E-state index is 12.1. The van der Waals surface area contributed by atoms with E-state index in [-0.39, 0.29) is 18.1 Å². The molecule has 21 heavy (non-hydrogen) atoms. The largest absolute Gasteiger partial charge is 0.348 e. The highest BCUT2D eigenvalue weighted by atomic mass is 79.9. The minimum absolute atomic E-state index is 0.0295. The lowest BCUT2D eigenvalue weighted by Crippen LogP contribution is -2.23. The molecule has 0 bridgehead atoms. The van der Waals surface area contributed by atoms with E-state index in [1.54, 1.807) is 36.4 Å². The van der Waals surface area contributed by atoms with Crippen LogP contribution in [0.3, 0.4) is 0 Å². The number of nitrogens with one attached hydrogen (secondary N) is 1. The molecule has 0 fully saturated rings. The van der Waals surface area contributed by atoms with Crippen LogP contribution in [0.15, 0.2) is 46.9 Å². The number of halogens is 2. The van der Waals surface area contributed by atoms with Crippen molar-refractivity contribution in [1.82, 2.24) is 5.32 Å². The second-order valence-electron chi connectivity index (χ2n) is 4.19. The Morgan fingerprint density at radius 1 is 1.29 bits per heavy atom. The van der Waals surface area contributed by atoms with Gasteiger partial charge in [-0.1, -0.05) is 45.7 Å². The average Bonchev–Trinajstić information content (AvgIpc) is 2.47. The van der Waals surface area contributed by atoms with E-state index in [0.29, 0.717) is 16.1 Å². The summed E-state index contributed by atoms with van der Waals surface area (Å²) in [6.45, 7) is 0.0544. The molecule has 0 aliphatic rings. The van der Waals surface area contributed by atoms with Gasteiger partial charge in [-0.15, -0.1) is 0 Å². The van der Waals surface area contributed by atoms with E-state index in [4.69, 9.17) is 11.6 Å². The van der Waals surface area contributed by atoms with Crippen molar-refractivity contribution in [3.8, 4) is 0 Å². The number of carbonyl (C=O) groups excluding carboxylic acids is 1. The Morgan fingerprint density at radius 3 is 2.71 bits per heavy atom. The van der Waals surface area contributed by atoms with Crippen LogP contribution in [0.4, 0.5) is 5.69 Å². The zero-order valence-corrected chi connectivity index (χ0v) is 13.0. The average molecular weight is 370 g/mol. The van der Waals surface area contributed by atoms with Crippen LogP contribution in [-0.4, -0.2) is 10.8 Å². The fraction of sp³-hybridized carbons (Fsp3) is 0.0714. The molecule has 0 saturated heterocycles. The van der Waals surface area contributed by atoms with Crippen LogP contribution in [0.5, 0.6) is 0 Å². The summed E-state index contributed by atoms with van der Waals surface area (Å²) in [6.07, 6.45) is 0. The molecule has 2 aromatic carbocycles. The standard InChI is InChI=1S/C14H10BrClN2O3/c15-10-5-6-12(16)11(7-10)14(19)17-8-9-3-1-2-4-13(9)18(20)21/h1-7H,8H2,(H,17,19). The molecule has 1 N–H and O–H groups in total. The lowest BCUT2D eigenvalue weighted by atomic mass is 10.1. The van der Waals surface area contributed by atoms with Crippen LogP contribution in [0.25, 0.3) is 0 Å². The van der Waals surface area contributed by atoms with E-state index in [2.05, 4.69) is 21.2 Å². The topological polar surface area (TPSA) is 72.2 Å². The molecule has 0 unspecified atom stereocenters.